The summed E-state index contributed by atoms with van der Waals surface area (Å²) in [6.45, 7) is 0. The van der Waals surface area contributed by atoms with Gasteiger partial charge in [-0.1, -0.05) is 39.7 Å². The number of carbonyl (C=O) groups is 1. The van der Waals surface area contributed by atoms with Gasteiger partial charge in [-0.3, -0.25) is 4.79 Å². The molecule has 1 amide bonds. The number of halogens is 2. The average molecular weight is 326 g/mol. The molecule has 92 valence electrons. The molecule has 1 aromatic carbocycles. The maximum absolute atomic E-state index is 11.9. The second-order valence-corrected chi connectivity index (χ2v) is 4.64. The Bertz CT molecular complexity index is 540. The van der Waals surface area contributed by atoms with Gasteiger partial charge in [-0.05, 0) is 29.8 Å². The lowest BCUT2D eigenvalue weighted by atomic mass is 10.2. The lowest BCUT2D eigenvalue weighted by Crippen LogP contribution is -2.13. The largest absolute Gasteiger partial charge is 0.321 e. The van der Waals surface area contributed by atoms with Crippen molar-refractivity contribution in [1.29, 1.82) is 0 Å². The molecule has 0 saturated heterocycles. The number of benzene rings is 1. The first-order chi connectivity index (χ1) is 8.69. The van der Waals surface area contributed by atoms with Gasteiger partial charge in [-0.2, -0.15) is 0 Å². The summed E-state index contributed by atoms with van der Waals surface area (Å²) in [4.78, 5) is 15.8. The fourth-order valence-electron chi connectivity index (χ4n) is 1.38. The third-order valence-electron chi connectivity index (χ3n) is 2.33. The van der Waals surface area contributed by atoms with Crippen LogP contribution < -0.4 is 5.32 Å². The van der Waals surface area contributed by atoms with Gasteiger partial charge in [-0.15, -0.1) is 0 Å². The molecule has 5 heteroatoms. The number of hydrogen-bond donors (Lipinski definition) is 1. The Hall–Kier alpha value is -1.39. The quantitative estimate of drug-likeness (QED) is 0.870. The van der Waals surface area contributed by atoms with E-state index in [0.717, 1.165) is 16.6 Å². The third kappa shape index (κ3) is 3.31. The lowest BCUT2D eigenvalue weighted by molar-refractivity contribution is 0.102. The highest BCUT2D eigenvalue weighted by molar-refractivity contribution is 9.08. The first-order valence-electron chi connectivity index (χ1n) is 5.27. The average Bonchev–Trinajstić information content (AvgIpc) is 2.40. The fourth-order valence-corrected chi connectivity index (χ4v) is 1.87. The summed E-state index contributed by atoms with van der Waals surface area (Å²) in [5.41, 5.74) is 2.23. The zero-order valence-electron chi connectivity index (χ0n) is 9.36. The van der Waals surface area contributed by atoms with Crippen molar-refractivity contribution in [2.75, 3.05) is 5.32 Å². The molecule has 0 saturated carbocycles. The van der Waals surface area contributed by atoms with Gasteiger partial charge >= 0.3 is 0 Å². The zero-order valence-corrected chi connectivity index (χ0v) is 11.7. The van der Waals surface area contributed by atoms with Crippen LogP contribution in [-0.4, -0.2) is 10.9 Å². The van der Waals surface area contributed by atoms with E-state index in [4.69, 9.17) is 11.6 Å². The van der Waals surface area contributed by atoms with E-state index in [1.165, 1.54) is 6.20 Å². The van der Waals surface area contributed by atoms with E-state index in [-0.39, 0.29) is 5.91 Å². The minimum Gasteiger partial charge on any atom is -0.321 e. The van der Waals surface area contributed by atoms with Crippen LogP contribution >= 0.6 is 27.5 Å². The number of rotatable bonds is 3. The van der Waals surface area contributed by atoms with E-state index in [1.54, 1.807) is 12.1 Å². The van der Waals surface area contributed by atoms with E-state index < -0.39 is 0 Å². The molecule has 0 fully saturated rings. The number of pyridine rings is 1. The minimum absolute atomic E-state index is 0.252. The molecule has 18 heavy (non-hydrogen) atoms. The van der Waals surface area contributed by atoms with Gasteiger partial charge in [0.2, 0.25) is 0 Å². The topological polar surface area (TPSA) is 42.0 Å². The summed E-state index contributed by atoms with van der Waals surface area (Å²) in [5, 5.41) is 4.07. The number of aromatic nitrogens is 1. The van der Waals surface area contributed by atoms with E-state index in [0.29, 0.717) is 10.7 Å². The highest BCUT2D eigenvalue weighted by atomic mass is 79.9. The van der Waals surface area contributed by atoms with Crippen LogP contribution in [-0.2, 0) is 5.33 Å². The van der Waals surface area contributed by atoms with Crippen LogP contribution in [0.3, 0.4) is 0 Å². The second-order valence-electron chi connectivity index (χ2n) is 3.65. The van der Waals surface area contributed by atoms with Gasteiger partial charge in [0, 0.05) is 17.2 Å². The van der Waals surface area contributed by atoms with Crippen LogP contribution in [0.2, 0.25) is 5.02 Å². The molecule has 0 radical (unpaired) electrons. The molecule has 0 bridgehead atoms. The van der Waals surface area contributed by atoms with E-state index in [1.807, 2.05) is 24.3 Å². The van der Waals surface area contributed by atoms with Crippen molar-refractivity contribution in [3.63, 3.8) is 0 Å². The van der Waals surface area contributed by atoms with Gasteiger partial charge in [0.25, 0.3) is 5.91 Å². The predicted molar refractivity (Wildman–Crippen MR) is 76.3 cm³/mol. The Labute approximate surface area is 118 Å². The number of carbonyl (C=O) groups excluding carboxylic acids is 1. The number of nitrogens with one attached hydrogen (secondary N) is 1. The molecule has 0 atom stereocenters. The molecule has 2 rings (SSSR count). The molecule has 0 unspecified atom stereocenters. The number of alkyl halides is 1. The Morgan fingerprint density at radius 3 is 2.50 bits per heavy atom. The van der Waals surface area contributed by atoms with E-state index >= 15 is 0 Å². The predicted octanol–water partition coefficient (Wildman–Crippen LogP) is 3.88. The highest BCUT2D eigenvalue weighted by Crippen LogP contribution is 2.13. The van der Waals surface area contributed by atoms with Crippen LogP contribution in [0.5, 0.6) is 0 Å². The number of anilines is 1. The highest BCUT2D eigenvalue weighted by Gasteiger charge is 2.07. The Kier molecular flexibility index (Phi) is 4.33. The second kappa shape index (κ2) is 5.98. The van der Waals surface area contributed by atoms with Gasteiger partial charge in [0.1, 0.15) is 5.69 Å². The fraction of sp³-hybridized carbons (Fsp3) is 0.0769. The van der Waals surface area contributed by atoms with Crippen molar-refractivity contribution < 1.29 is 4.79 Å². The molecular weight excluding hydrogens is 316 g/mol. The van der Waals surface area contributed by atoms with Crippen molar-refractivity contribution in [2.24, 2.45) is 0 Å². The van der Waals surface area contributed by atoms with E-state index in [2.05, 4.69) is 26.2 Å². The molecule has 0 aliphatic heterocycles. The molecule has 0 aliphatic rings. The summed E-state index contributed by atoms with van der Waals surface area (Å²) >= 11 is 9.08. The van der Waals surface area contributed by atoms with Crippen LogP contribution in [0.4, 0.5) is 5.69 Å². The van der Waals surface area contributed by atoms with E-state index in [9.17, 15) is 4.79 Å². The van der Waals surface area contributed by atoms with Gasteiger partial charge in [0.05, 0.1) is 5.02 Å². The standard InChI is InChI=1S/C13H10BrClN2O/c14-7-9-1-4-11(5-2-9)17-13(18)12-6-3-10(15)8-16-12/h1-6,8H,7H2,(H,17,18). The first kappa shape index (κ1) is 13.1. The maximum atomic E-state index is 11.9. The van der Waals surface area contributed by atoms with Crippen LogP contribution in [0.1, 0.15) is 16.1 Å². The molecular formula is C13H10BrClN2O. The van der Waals surface area contributed by atoms with Crippen LogP contribution in [0.15, 0.2) is 42.6 Å². The maximum Gasteiger partial charge on any atom is 0.274 e. The molecule has 2 aromatic rings. The minimum atomic E-state index is -0.252. The summed E-state index contributed by atoms with van der Waals surface area (Å²) in [6.07, 6.45) is 1.45. The molecule has 0 spiro atoms. The Morgan fingerprint density at radius 2 is 1.94 bits per heavy atom. The number of amides is 1. The summed E-state index contributed by atoms with van der Waals surface area (Å²) < 4.78 is 0. The van der Waals surface area contributed by atoms with Crippen molar-refractivity contribution in [1.82, 2.24) is 4.98 Å². The Morgan fingerprint density at radius 1 is 1.22 bits per heavy atom. The van der Waals surface area contributed by atoms with Gasteiger partial charge in [0.15, 0.2) is 0 Å². The molecule has 1 aromatic heterocycles. The normalized spacial score (nSPS) is 10.1. The molecule has 3 nitrogen and oxygen atoms in total. The van der Waals surface area contributed by atoms with Crippen molar-refractivity contribution in [2.45, 2.75) is 5.33 Å². The Balaban J connectivity index is 2.08. The van der Waals surface area contributed by atoms with Crippen LogP contribution in [0.25, 0.3) is 0 Å². The summed E-state index contributed by atoms with van der Waals surface area (Å²) in [7, 11) is 0. The number of hydrogen-bond acceptors (Lipinski definition) is 2. The van der Waals surface area contributed by atoms with Gasteiger partial charge in [-0.25, -0.2) is 4.98 Å². The number of nitrogens with zero attached hydrogens (tertiary/aromatic N) is 1. The SMILES string of the molecule is O=C(Nc1ccc(CBr)cc1)c1ccc(Cl)cn1. The van der Waals surface area contributed by atoms with Crippen molar-refractivity contribution in [3.8, 4) is 0 Å². The smallest absolute Gasteiger partial charge is 0.274 e. The van der Waals surface area contributed by atoms with Gasteiger partial charge < -0.3 is 5.32 Å². The zero-order chi connectivity index (χ0) is 13.0. The first-order valence-corrected chi connectivity index (χ1v) is 6.77. The van der Waals surface area contributed by atoms with Crippen molar-refractivity contribution in [3.05, 3.63) is 58.9 Å². The molecule has 1 heterocycles. The third-order valence-corrected chi connectivity index (χ3v) is 3.20. The molecule has 0 aliphatic carbocycles. The monoisotopic (exact) mass is 324 g/mol. The summed E-state index contributed by atoms with van der Waals surface area (Å²) in [6, 6.07) is 10.8. The van der Waals surface area contributed by atoms with Crippen molar-refractivity contribution >= 4 is 39.1 Å². The molecule has 1 N–H and O–H groups in total. The summed E-state index contributed by atoms with van der Waals surface area (Å²) in [5.74, 6) is -0.252. The van der Waals surface area contributed by atoms with Crippen LogP contribution in [0, 0.1) is 0 Å². The lowest BCUT2D eigenvalue weighted by Gasteiger charge is -2.05.